The van der Waals surface area contributed by atoms with E-state index in [-0.39, 0.29) is 12.1 Å². The van der Waals surface area contributed by atoms with Crippen molar-refractivity contribution in [3.63, 3.8) is 0 Å². The number of nitrogens with one attached hydrogen (secondary N) is 1. The highest BCUT2D eigenvalue weighted by Gasteiger charge is 2.41. The Morgan fingerprint density at radius 2 is 2.00 bits per heavy atom. The van der Waals surface area contributed by atoms with Crippen molar-refractivity contribution >= 4 is 9.84 Å². The Kier molecular flexibility index (Phi) is 4.22. The minimum atomic E-state index is -2.85. The fourth-order valence-corrected chi connectivity index (χ4v) is 4.81. The number of hydrogen-bond donors (Lipinski definition) is 1. The molecule has 2 saturated heterocycles. The molecule has 98 valence electrons. The summed E-state index contributed by atoms with van der Waals surface area (Å²) in [5, 5.41) is 3.37. The molecule has 0 saturated carbocycles. The Morgan fingerprint density at radius 1 is 1.29 bits per heavy atom. The minimum absolute atomic E-state index is 0.109. The van der Waals surface area contributed by atoms with Crippen LogP contribution in [-0.4, -0.2) is 56.5 Å². The van der Waals surface area contributed by atoms with Crippen molar-refractivity contribution in [3.05, 3.63) is 12.7 Å². The van der Waals surface area contributed by atoms with Gasteiger partial charge < -0.3 is 5.32 Å². The topological polar surface area (TPSA) is 49.4 Å². The number of nitrogens with zero attached hydrogens (tertiary/aromatic N) is 1. The van der Waals surface area contributed by atoms with Crippen LogP contribution in [0.25, 0.3) is 0 Å². The largest absolute Gasteiger partial charge is 0.311 e. The average Bonchev–Trinajstić information content (AvgIpc) is 2.86. The molecule has 2 rings (SSSR count). The minimum Gasteiger partial charge on any atom is -0.311 e. The monoisotopic (exact) mass is 258 g/mol. The van der Waals surface area contributed by atoms with Crippen LogP contribution >= 0.6 is 0 Å². The van der Waals surface area contributed by atoms with E-state index in [0.29, 0.717) is 11.5 Å². The zero-order chi connectivity index (χ0) is 12.3. The van der Waals surface area contributed by atoms with Crippen molar-refractivity contribution in [2.45, 2.75) is 31.3 Å². The van der Waals surface area contributed by atoms with Gasteiger partial charge in [-0.3, -0.25) is 4.90 Å². The van der Waals surface area contributed by atoms with E-state index in [2.05, 4.69) is 16.8 Å². The predicted molar refractivity (Wildman–Crippen MR) is 69.9 cm³/mol. The highest BCUT2D eigenvalue weighted by Crippen LogP contribution is 2.22. The van der Waals surface area contributed by atoms with E-state index in [1.807, 2.05) is 6.08 Å². The van der Waals surface area contributed by atoms with Crippen molar-refractivity contribution in [1.29, 1.82) is 0 Å². The van der Waals surface area contributed by atoms with Crippen LogP contribution in [0.15, 0.2) is 12.7 Å². The smallest absolute Gasteiger partial charge is 0.153 e. The van der Waals surface area contributed by atoms with Gasteiger partial charge in [0, 0.05) is 12.1 Å². The maximum atomic E-state index is 11.8. The van der Waals surface area contributed by atoms with Crippen LogP contribution in [0.5, 0.6) is 0 Å². The molecular weight excluding hydrogens is 236 g/mol. The molecule has 2 aliphatic rings. The van der Waals surface area contributed by atoms with E-state index >= 15 is 0 Å². The summed E-state index contributed by atoms with van der Waals surface area (Å²) in [6.07, 6.45) is 5.16. The molecule has 0 radical (unpaired) electrons. The molecule has 0 unspecified atom stereocenters. The second-order valence-electron chi connectivity index (χ2n) is 5.03. The van der Waals surface area contributed by atoms with Crippen LogP contribution in [0.3, 0.4) is 0 Å². The summed E-state index contributed by atoms with van der Waals surface area (Å²) in [6.45, 7) is 6.62. The maximum absolute atomic E-state index is 11.8. The SMILES string of the molecule is C=CCCN[C@H]1CS(=O)(=O)C[C@H]1N1CCCC1. The second kappa shape index (κ2) is 5.50. The van der Waals surface area contributed by atoms with Crippen molar-refractivity contribution in [1.82, 2.24) is 10.2 Å². The van der Waals surface area contributed by atoms with Gasteiger partial charge in [0.15, 0.2) is 9.84 Å². The summed E-state index contributed by atoms with van der Waals surface area (Å²) < 4.78 is 23.5. The van der Waals surface area contributed by atoms with Gasteiger partial charge in [0.05, 0.1) is 11.5 Å². The van der Waals surface area contributed by atoms with Crippen LogP contribution in [0, 0.1) is 0 Å². The highest BCUT2D eigenvalue weighted by atomic mass is 32.2. The molecule has 0 aromatic heterocycles. The van der Waals surface area contributed by atoms with E-state index < -0.39 is 9.84 Å². The first-order chi connectivity index (χ1) is 8.12. The third-order valence-electron chi connectivity index (χ3n) is 3.69. The third-order valence-corrected chi connectivity index (χ3v) is 5.40. The van der Waals surface area contributed by atoms with Crippen LogP contribution in [0.1, 0.15) is 19.3 Å². The molecule has 0 aromatic carbocycles. The molecule has 0 aromatic rings. The molecular formula is C12H22N2O2S. The molecule has 4 nitrogen and oxygen atoms in total. The number of sulfone groups is 1. The zero-order valence-electron chi connectivity index (χ0n) is 10.3. The molecule has 0 amide bonds. The summed E-state index contributed by atoms with van der Waals surface area (Å²) in [5.74, 6) is 0.629. The molecule has 1 N–H and O–H groups in total. The first kappa shape index (κ1) is 13.1. The van der Waals surface area contributed by atoms with Gasteiger partial charge in [-0.25, -0.2) is 8.42 Å². The summed E-state index contributed by atoms with van der Waals surface area (Å²) in [6, 6.07) is 0.297. The molecule has 2 fully saturated rings. The van der Waals surface area contributed by atoms with E-state index in [1.165, 1.54) is 12.8 Å². The number of hydrogen-bond acceptors (Lipinski definition) is 4. The van der Waals surface area contributed by atoms with E-state index in [1.54, 1.807) is 0 Å². The van der Waals surface area contributed by atoms with E-state index in [0.717, 1.165) is 26.1 Å². The molecule has 0 spiro atoms. The van der Waals surface area contributed by atoms with Gasteiger partial charge >= 0.3 is 0 Å². The molecule has 0 aliphatic carbocycles. The lowest BCUT2D eigenvalue weighted by Crippen LogP contribution is -2.48. The van der Waals surface area contributed by atoms with Gasteiger partial charge in [-0.1, -0.05) is 6.08 Å². The van der Waals surface area contributed by atoms with E-state index in [9.17, 15) is 8.42 Å². The second-order valence-corrected chi connectivity index (χ2v) is 7.18. The third kappa shape index (κ3) is 3.30. The van der Waals surface area contributed by atoms with Gasteiger partial charge in [0.25, 0.3) is 0 Å². The average molecular weight is 258 g/mol. The standard InChI is InChI=1S/C12H22N2O2S/c1-2-3-6-13-11-9-17(15,16)10-12(11)14-7-4-5-8-14/h2,11-13H,1,3-10H2/t11-,12+/m0/s1. The fraction of sp³-hybridized carbons (Fsp3) is 0.833. The number of likely N-dealkylation sites (tertiary alicyclic amines) is 1. The molecule has 2 heterocycles. The van der Waals surface area contributed by atoms with Gasteiger partial charge in [0.2, 0.25) is 0 Å². The Bertz CT molecular complexity index is 361. The van der Waals surface area contributed by atoms with Gasteiger partial charge in [-0.15, -0.1) is 6.58 Å². The first-order valence-corrected chi connectivity index (χ1v) is 8.23. The Morgan fingerprint density at radius 3 is 2.65 bits per heavy atom. The van der Waals surface area contributed by atoms with Crippen LogP contribution in [0.4, 0.5) is 0 Å². The summed E-state index contributed by atoms with van der Waals surface area (Å²) >= 11 is 0. The maximum Gasteiger partial charge on any atom is 0.153 e. The summed E-state index contributed by atoms with van der Waals surface area (Å²) in [4.78, 5) is 2.34. The van der Waals surface area contributed by atoms with Gasteiger partial charge in [0.1, 0.15) is 0 Å². The lowest BCUT2D eigenvalue weighted by atomic mass is 10.1. The lowest BCUT2D eigenvalue weighted by molar-refractivity contribution is 0.227. The van der Waals surface area contributed by atoms with Gasteiger partial charge in [-0.2, -0.15) is 0 Å². The number of rotatable bonds is 5. The van der Waals surface area contributed by atoms with Crippen molar-refractivity contribution in [3.8, 4) is 0 Å². The lowest BCUT2D eigenvalue weighted by Gasteiger charge is -2.28. The van der Waals surface area contributed by atoms with Crippen molar-refractivity contribution < 1.29 is 8.42 Å². The first-order valence-electron chi connectivity index (χ1n) is 6.41. The zero-order valence-corrected chi connectivity index (χ0v) is 11.1. The van der Waals surface area contributed by atoms with Crippen molar-refractivity contribution in [2.24, 2.45) is 0 Å². The molecule has 2 atom stereocenters. The molecule has 2 aliphatic heterocycles. The fourth-order valence-electron chi connectivity index (χ4n) is 2.83. The molecule has 17 heavy (non-hydrogen) atoms. The highest BCUT2D eigenvalue weighted by molar-refractivity contribution is 7.91. The van der Waals surface area contributed by atoms with E-state index in [4.69, 9.17) is 0 Å². The van der Waals surface area contributed by atoms with Gasteiger partial charge in [-0.05, 0) is 38.9 Å². The van der Waals surface area contributed by atoms with Crippen LogP contribution in [0.2, 0.25) is 0 Å². The summed E-state index contributed by atoms with van der Waals surface area (Å²) in [5.41, 5.74) is 0. The quantitative estimate of drug-likeness (QED) is 0.573. The Labute approximate surface area is 104 Å². The predicted octanol–water partition coefficient (Wildman–Crippen LogP) is 0.414. The van der Waals surface area contributed by atoms with Crippen LogP contribution in [-0.2, 0) is 9.84 Å². The Balaban J connectivity index is 1.97. The summed E-state index contributed by atoms with van der Waals surface area (Å²) in [7, 11) is -2.85. The molecule has 5 heteroatoms. The molecule has 0 bridgehead atoms. The van der Waals surface area contributed by atoms with Crippen LogP contribution < -0.4 is 5.32 Å². The normalized spacial score (nSPS) is 32.9. The Hall–Kier alpha value is -0.390. The van der Waals surface area contributed by atoms with Crippen molar-refractivity contribution in [2.75, 3.05) is 31.1 Å².